The molecule has 0 saturated carbocycles. The van der Waals surface area contributed by atoms with Gasteiger partial charge in [0.25, 0.3) is 11.8 Å². The summed E-state index contributed by atoms with van der Waals surface area (Å²) in [6, 6.07) is 5.59. The Morgan fingerprint density at radius 3 is 2.49 bits per heavy atom. The van der Waals surface area contributed by atoms with E-state index in [1.807, 2.05) is 25.8 Å². The average Bonchev–Trinajstić information content (AvgIpc) is 3.84. The molecule has 57 heavy (non-hydrogen) atoms. The molecular formula is C38H53N7O10S2. The van der Waals surface area contributed by atoms with Gasteiger partial charge >= 0.3 is 6.09 Å². The second-order valence-corrected chi connectivity index (χ2v) is 17.4. The van der Waals surface area contributed by atoms with Gasteiger partial charge in [0.2, 0.25) is 17.4 Å². The number of nitrogens with two attached hydrogens (primary N) is 2. The highest BCUT2D eigenvalue weighted by molar-refractivity contribution is 8.77. The number of fused-ring (bicyclic) bond motifs is 1. The van der Waals surface area contributed by atoms with Crippen LogP contribution in [0.4, 0.5) is 16.2 Å². The lowest BCUT2D eigenvalue weighted by Crippen LogP contribution is -2.51. The van der Waals surface area contributed by atoms with Crippen LogP contribution in [0.3, 0.4) is 0 Å². The highest BCUT2D eigenvalue weighted by Crippen LogP contribution is 2.40. The van der Waals surface area contributed by atoms with Crippen molar-refractivity contribution in [1.29, 1.82) is 0 Å². The summed E-state index contributed by atoms with van der Waals surface area (Å²) in [6.07, 6.45) is 0.206. The number of hydrogen-bond donors (Lipinski definition) is 4. The molecule has 2 saturated heterocycles. The fourth-order valence-electron chi connectivity index (χ4n) is 6.52. The van der Waals surface area contributed by atoms with Crippen LogP contribution in [-0.4, -0.2) is 130 Å². The molecule has 0 spiro atoms. The topological polar surface area (TPSA) is 209 Å². The molecule has 2 atom stereocenters. The monoisotopic (exact) mass is 831 g/mol. The van der Waals surface area contributed by atoms with Crippen LogP contribution in [0.2, 0.25) is 0 Å². The van der Waals surface area contributed by atoms with Gasteiger partial charge in [0.05, 0.1) is 55.0 Å². The number of carbonyl (C=O) groups is 4. The molecule has 0 aromatic heterocycles. The summed E-state index contributed by atoms with van der Waals surface area (Å²) in [5.74, 6) is 0.631. The second kappa shape index (κ2) is 19.6. The average molecular weight is 832 g/mol. The Morgan fingerprint density at radius 1 is 1.05 bits per heavy atom. The van der Waals surface area contributed by atoms with E-state index in [0.717, 1.165) is 12.0 Å². The van der Waals surface area contributed by atoms with E-state index < -0.39 is 29.0 Å². The highest BCUT2D eigenvalue weighted by Gasteiger charge is 2.45. The standard InChI is InChI=1S/C38H53N7O10S2/c1-23-16-28(36-44(13-14-52-36)37(49)53-22-38(2,3)57-56-15-8-33(46)41-11-9-39)45(21-23)35(48)24-17-29(50-5)31(19-26(24)40)54-55-32-20-27-25(18-30(32)51-6)34(47)42-10-7-12-43(27)4/h17-20,28,36H,1,7-16,21-22,39-40H2,2-6H3,(H,41,46)(H,42,47)/t28-,36?/m0/s1. The normalized spacial score (nSPS) is 18.3. The predicted octanol–water partition coefficient (Wildman–Crippen LogP) is 3.42. The van der Waals surface area contributed by atoms with Crippen LogP contribution in [0.1, 0.15) is 53.8 Å². The Hall–Kier alpha value is -4.72. The highest BCUT2D eigenvalue weighted by atomic mass is 33.1. The molecule has 6 N–H and O–H groups in total. The van der Waals surface area contributed by atoms with E-state index in [9.17, 15) is 19.2 Å². The van der Waals surface area contributed by atoms with Crippen LogP contribution in [0.15, 0.2) is 36.4 Å². The Labute approximate surface area is 340 Å². The Balaban J connectivity index is 1.25. The molecule has 2 aromatic carbocycles. The minimum atomic E-state index is -0.776. The maximum atomic E-state index is 14.2. The van der Waals surface area contributed by atoms with Crippen LogP contribution in [0.25, 0.3) is 0 Å². The lowest BCUT2D eigenvalue weighted by Gasteiger charge is -2.33. The molecule has 19 heteroatoms. The summed E-state index contributed by atoms with van der Waals surface area (Å²) < 4.78 is 22.5. The van der Waals surface area contributed by atoms with Crippen LogP contribution in [0.5, 0.6) is 23.0 Å². The van der Waals surface area contributed by atoms with Gasteiger partial charge in [0.15, 0.2) is 17.7 Å². The number of ether oxygens (including phenoxy) is 4. The van der Waals surface area contributed by atoms with Crippen molar-refractivity contribution in [1.82, 2.24) is 20.4 Å². The first kappa shape index (κ1) is 43.4. The van der Waals surface area contributed by atoms with Gasteiger partial charge in [-0.2, -0.15) is 0 Å². The van der Waals surface area contributed by atoms with Crippen LogP contribution in [0, 0.1) is 0 Å². The minimum Gasteiger partial charge on any atom is -0.493 e. The first-order valence-electron chi connectivity index (χ1n) is 18.6. The Kier molecular flexibility index (Phi) is 14.9. The molecule has 2 aromatic rings. The van der Waals surface area contributed by atoms with Gasteiger partial charge in [-0.3, -0.25) is 29.1 Å². The molecule has 312 valence electrons. The van der Waals surface area contributed by atoms with Crippen molar-refractivity contribution in [2.75, 3.05) is 90.1 Å². The summed E-state index contributed by atoms with van der Waals surface area (Å²) in [5, 5.41) is 5.64. The number of likely N-dealkylation sites (tertiary alicyclic amines) is 1. The van der Waals surface area contributed by atoms with Crippen molar-refractivity contribution in [2.45, 2.75) is 50.1 Å². The lowest BCUT2D eigenvalue weighted by molar-refractivity contribution is -0.120. The third-order valence-corrected chi connectivity index (χ3v) is 12.7. The van der Waals surface area contributed by atoms with Gasteiger partial charge in [-0.05, 0) is 38.8 Å². The number of methoxy groups -OCH3 is 2. The van der Waals surface area contributed by atoms with Crippen LogP contribution in [-0.2, 0) is 14.3 Å². The third kappa shape index (κ3) is 10.8. The van der Waals surface area contributed by atoms with E-state index in [1.54, 1.807) is 17.0 Å². The number of nitrogens with zero attached hydrogens (tertiary/aromatic N) is 3. The van der Waals surface area contributed by atoms with Gasteiger partial charge in [0, 0.05) is 69.8 Å². The Bertz CT molecular complexity index is 1820. The van der Waals surface area contributed by atoms with E-state index in [1.165, 1.54) is 52.8 Å². The van der Waals surface area contributed by atoms with E-state index in [2.05, 4.69) is 17.2 Å². The summed E-state index contributed by atoms with van der Waals surface area (Å²) in [5.41, 5.74) is 14.0. The Morgan fingerprint density at radius 2 is 1.77 bits per heavy atom. The summed E-state index contributed by atoms with van der Waals surface area (Å²) in [6.45, 7) is 11.1. The first-order valence-corrected chi connectivity index (χ1v) is 20.9. The number of nitrogens with one attached hydrogen (secondary N) is 2. The number of anilines is 2. The number of carbonyl (C=O) groups excluding carboxylic acids is 4. The van der Waals surface area contributed by atoms with E-state index in [4.69, 9.17) is 40.2 Å². The number of benzene rings is 2. The molecule has 4 amide bonds. The zero-order chi connectivity index (χ0) is 41.3. The SMILES string of the molecule is C=C1C[C@@H](C2OCCN2C(=O)OCC(C)(C)SSCCC(=O)NCCN)N(C(=O)c2cc(OC)c(OOc3cc4c(cc3OC)C(=O)NCCCN4C)cc2N)C1. The largest absolute Gasteiger partial charge is 0.493 e. The molecule has 3 aliphatic rings. The second-order valence-electron chi connectivity index (χ2n) is 14.3. The van der Waals surface area contributed by atoms with Gasteiger partial charge in [-0.1, -0.05) is 33.7 Å². The zero-order valence-electron chi connectivity index (χ0n) is 33.1. The lowest BCUT2D eigenvalue weighted by atomic mass is 10.1. The summed E-state index contributed by atoms with van der Waals surface area (Å²) >= 11 is 0. The fourth-order valence-corrected chi connectivity index (χ4v) is 8.90. The predicted molar refractivity (Wildman–Crippen MR) is 219 cm³/mol. The first-order chi connectivity index (χ1) is 27.3. The molecule has 3 heterocycles. The van der Waals surface area contributed by atoms with Crippen molar-refractivity contribution >= 4 is 56.8 Å². The van der Waals surface area contributed by atoms with Crippen molar-refractivity contribution in [3.05, 3.63) is 47.5 Å². The smallest absolute Gasteiger partial charge is 0.412 e. The summed E-state index contributed by atoms with van der Waals surface area (Å²) in [7, 11) is 7.83. The minimum absolute atomic E-state index is 0.0568. The molecule has 5 rings (SSSR count). The van der Waals surface area contributed by atoms with Gasteiger partial charge in [-0.15, -0.1) is 0 Å². The van der Waals surface area contributed by atoms with E-state index >= 15 is 0 Å². The van der Waals surface area contributed by atoms with Gasteiger partial charge in [0.1, 0.15) is 6.61 Å². The quantitative estimate of drug-likeness (QED) is 0.0477. The molecule has 2 fully saturated rings. The van der Waals surface area contributed by atoms with E-state index in [0.29, 0.717) is 56.0 Å². The molecule has 0 radical (unpaired) electrons. The maximum absolute atomic E-state index is 14.2. The van der Waals surface area contributed by atoms with Gasteiger partial charge in [-0.25, -0.2) is 4.79 Å². The number of amides is 4. The van der Waals surface area contributed by atoms with Crippen molar-refractivity contribution in [3.8, 4) is 23.0 Å². The molecule has 0 aliphatic carbocycles. The number of rotatable bonds is 16. The van der Waals surface area contributed by atoms with Crippen LogP contribution < -0.4 is 46.2 Å². The van der Waals surface area contributed by atoms with Gasteiger partial charge < -0.3 is 50.8 Å². The fraction of sp³-hybridized carbons (Fsp3) is 0.526. The maximum Gasteiger partial charge on any atom is 0.412 e. The van der Waals surface area contributed by atoms with E-state index in [-0.39, 0.29) is 72.4 Å². The van der Waals surface area contributed by atoms with Crippen molar-refractivity contribution in [2.24, 2.45) is 5.73 Å². The number of nitrogen functional groups attached to an aromatic ring is 1. The molecule has 17 nitrogen and oxygen atoms in total. The molecule has 1 unspecified atom stereocenters. The number of hydrogen-bond acceptors (Lipinski definition) is 15. The molecule has 0 bridgehead atoms. The van der Waals surface area contributed by atoms with Crippen LogP contribution >= 0.6 is 21.6 Å². The van der Waals surface area contributed by atoms with Crippen molar-refractivity contribution in [3.63, 3.8) is 0 Å². The van der Waals surface area contributed by atoms with Crippen molar-refractivity contribution < 1.29 is 47.9 Å². The zero-order valence-corrected chi connectivity index (χ0v) is 34.7. The molecule has 3 aliphatic heterocycles. The molecular weight excluding hydrogens is 779 g/mol. The summed E-state index contributed by atoms with van der Waals surface area (Å²) in [4.78, 5) is 68.8. The third-order valence-electron chi connectivity index (χ3n) is 9.43.